The van der Waals surface area contributed by atoms with Crippen molar-refractivity contribution in [3.8, 4) is 11.5 Å². The van der Waals surface area contributed by atoms with Gasteiger partial charge in [-0.05, 0) is 57.0 Å². The summed E-state index contributed by atoms with van der Waals surface area (Å²) in [6, 6.07) is 18.2. The number of anilines is 1. The normalized spacial score (nSPS) is 12.3. The molecule has 0 saturated carbocycles. The lowest BCUT2D eigenvalue weighted by Gasteiger charge is -2.29. The average molecular weight is 559 g/mol. The SMILES string of the molecule is COc1ccc(N(CCc2ccc(C(F)(F)F)cc2)C(=O)C(OC(=O)NC(C)(C)C)c2ccccc2)cc1OC. The maximum absolute atomic E-state index is 14.1. The summed E-state index contributed by atoms with van der Waals surface area (Å²) in [7, 11) is 2.95. The maximum Gasteiger partial charge on any atom is 0.416 e. The number of rotatable bonds is 9. The van der Waals surface area contributed by atoms with E-state index in [-0.39, 0.29) is 13.0 Å². The molecule has 0 bridgehead atoms. The molecule has 3 aromatic carbocycles. The van der Waals surface area contributed by atoms with Crippen molar-refractivity contribution in [2.75, 3.05) is 25.7 Å². The highest BCUT2D eigenvalue weighted by Crippen LogP contribution is 2.34. The van der Waals surface area contributed by atoms with Gasteiger partial charge in [-0.25, -0.2) is 4.79 Å². The van der Waals surface area contributed by atoms with E-state index in [9.17, 15) is 22.8 Å². The summed E-state index contributed by atoms with van der Waals surface area (Å²) in [4.78, 5) is 28.3. The topological polar surface area (TPSA) is 77.1 Å². The molecule has 3 rings (SSSR count). The van der Waals surface area contributed by atoms with E-state index < -0.39 is 35.4 Å². The summed E-state index contributed by atoms with van der Waals surface area (Å²) in [6.07, 6.45) is -6.30. The van der Waals surface area contributed by atoms with Gasteiger partial charge in [0.05, 0.1) is 19.8 Å². The molecule has 10 heteroatoms. The van der Waals surface area contributed by atoms with Gasteiger partial charge in [-0.3, -0.25) is 4.79 Å². The molecule has 1 atom stereocenters. The molecule has 0 saturated heterocycles. The highest BCUT2D eigenvalue weighted by molar-refractivity contribution is 5.98. The van der Waals surface area contributed by atoms with Gasteiger partial charge in [0.1, 0.15) is 0 Å². The molecule has 7 nitrogen and oxygen atoms in total. The van der Waals surface area contributed by atoms with Gasteiger partial charge in [0.2, 0.25) is 6.10 Å². The summed E-state index contributed by atoms with van der Waals surface area (Å²) >= 11 is 0. The molecule has 3 aromatic rings. The average Bonchev–Trinajstić information content (AvgIpc) is 2.90. The van der Waals surface area contributed by atoms with E-state index in [4.69, 9.17) is 14.2 Å². The van der Waals surface area contributed by atoms with Gasteiger partial charge in [0.25, 0.3) is 5.91 Å². The molecule has 0 aliphatic carbocycles. The number of carbonyl (C=O) groups excluding carboxylic acids is 2. The van der Waals surface area contributed by atoms with Crippen molar-refractivity contribution in [3.63, 3.8) is 0 Å². The number of halogens is 3. The Morgan fingerprint density at radius 2 is 1.50 bits per heavy atom. The van der Waals surface area contributed by atoms with Crippen molar-refractivity contribution in [3.05, 3.63) is 89.5 Å². The van der Waals surface area contributed by atoms with Crippen molar-refractivity contribution >= 4 is 17.7 Å². The Morgan fingerprint density at radius 1 is 0.875 bits per heavy atom. The van der Waals surface area contributed by atoms with Crippen molar-refractivity contribution in [2.24, 2.45) is 0 Å². The highest BCUT2D eigenvalue weighted by Gasteiger charge is 2.32. The van der Waals surface area contributed by atoms with Crippen LogP contribution in [0, 0.1) is 0 Å². The lowest BCUT2D eigenvalue weighted by atomic mass is 10.1. The molecule has 1 unspecified atom stereocenters. The molecule has 214 valence electrons. The van der Waals surface area contributed by atoms with Crippen LogP contribution in [-0.4, -0.2) is 38.3 Å². The molecule has 0 spiro atoms. The third-order valence-electron chi connectivity index (χ3n) is 5.88. The van der Waals surface area contributed by atoms with Gasteiger partial charge in [-0.1, -0.05) is 42.5 Å². The van der Waals surface area contributed by atoms with E-state index in [1.165, 1.54) is 31.3 Å². The van der Waals surface area contributed by atoms with Gasteiger partial charge in [0.15, 0.2) is 11.5 Å². The number of ether oxygens (including phenoxy) is 3. The monoisotopic (exact) mass is 558 g/mol. The number of alkyl halides is 3. The minimum atomic E-state index is -4.45. The number of nitrogens with one attached hydrogen (secondary N) is 1. The summed E-state index contributed by atoms with van der Waals surface area (Å²) < 4.78 is 55.5. The van der Waals surface area contributed by atoms with E-state index in [0.717, 1.165) is 12.1 Å². The number of alkyl carbamates (subject to hydrolysis) is 1. The minimum absolute atomic E-state index is 0.0767. The predicted molar refractivity (Wildman–Crippen MR) is 146 cm³/mol. The first-order chi connectivity index (χ1) is 18.8. The summed E-state index contributed by atoms with van der Waals surface area (Å²) in [5.74, 6) is 0.270. The van der Waals surface area contributed by atoms with Crippen LogP contribution in [0.2, 0.25) is 0 Å². The highest BCUT2D eigenvalue weighted by atomic mass is 19.4. The second-order valence-corrected chi connectivity index (χ2v) is 10.0. The van der Waals surface area contributed by atoms with Crippen LogP contribution in [0.25, 0.3) is 0 Å². The molecule has 40 heavy (non-hydrogen) atoms. The van der Waals surface area contributed by atoms with Crippen molar-refractivity contribution < 1.29 is 37.0 Å². The summed E-state index contributed by atoms with van der Waals surface area (Å²) in [5.41, 5.74) is 0.111. The largest absolute Gasteiger partial charge is 0.493 e. The van der Waals surface area contributed by atoms with Gasteiger partial charge in [-0.15, -0.1) is 0 Å². The molecular weight excluding hydrogens is 525 g/mol. The van der Waals surface area contributed by atoms with E-state index in [1.807, 2.05) is 0 Å². The first-order valence-corrected chi connectivity index (χ1v) is 12.6. The fourth-order valence-electron chi connectivity index (χ4n) is 3.93. The Morgan fingerprint density at radius 3 is 2.05 bits per heavy atom. The van der Waals surface area contributed by atoms with Crippen LogP contribution >= 0.6 is 0 Å². The van der Waals surface area contributed by atoms with Crippen LogP contribution in [-0.2, 0) is 22.1 Å². The first-order valence-electron chi connectivity index (χ1n) is 12.6. The zero-order chi connectivity index (χ0) is 29.5. The Hall–Kier alpha value is -4.21. The van der Waals surface area contributed by atoms with Crippen molar-refractivity contribution in [2.45, 2.75) is 45.0 Å². The van der Waals surface area contributed by atoms with Crippen LogP contribution < -0.4 is 19.7 Å². The summed E-state index contributed by atoms with van der Waals surface area (Å²) in [6.45, 7) is 5.43. The Kier molecular flexibility index (Phi) is 9.68. The number of nitrogens with zero attached hydrogens (tertiary/aromatic N) is 1. The molecule has 0 heterocycles. The van der Waals surface area contributed by atoms with Crippen LogP contribution in [0.5, 0.6) is 11.5 Å². The zero-order valence-electron chi connectivity index (χ0n) is 23.0. The molecule has 1 N–H and O–H groups in total. The molecule has 0 aromatic heterocycles. The van der Waals surface area contributed by atoms with Crippen molar-refractivity contribution in [1.29, 1.82) is 0 Å². The number of amides is 2. The predicted octanol–water partition coefficient (Wildman–Crippen LogP) is 6.56. The van der Waals surface area contributed by atoms with E-state index in [1.54, 1.807) is 69.3 Å². The van der Waals surface area contributed by atoms with E-state index in [2.05, 4.69) is 5.32 Å². The quantitative estimate of drug-likeness (QED) is 0.322. The Labute approximate surface area is 231 Å². The number of benzene rings is 3. The van der Waals surface area contributed by atoms with Crippen molar-refractivity contribution in [1.82, 2.24) is 5.32 Å². The van der Waals surface area contributed by atoms with Gasteiger partial charge < -0.3 is 24.4 Å². The van der Waals surface area contributed by atoms with Gasteiger partial charge in [-0.2, -0.15) is 13.2 Å². The fourth-order valence-corrected chi connectivity index (χ4v) is 3.93. The Balaban J connectivity index is 1.99. The van der Waals surface area contributed by atoms with Gasteiger partial charge >= 0.3 is 12.3 Å². The third-order valence-corrected chi connectivity index (χ3v) is 5.88. The standard InChI is InChI=1S/C30H33F3N2O5/c1-29(2,3)34-28(37)40-26(21-9-7-6-8-10-21)27(36)35(23-15-16-24(38-4)25(19-23)39-5)18-17-20-11-13-22(14-12-20)30(31,32)33/h6-16,19,26H,17-18H2,1-5H3,(H,34,37). The maximum atomic E-state index is 14.1. The fraction of sp³-hybridized carbons (Fsp3) is 0.333. The van der Waals surface area contributed by atoms with Crippen LogP contribution in [0.1, 0.15) is 43.6 Å². The van der Waals surface area contributed by atoms with E-state index >= 15 is 0 Å². The molecule has 0 fully saturated rings. The minimum Gasteiger partial charge on any atom is -0.493 e. The molecule has 0 aliphatic rings. The number of hydrogen-bond acceptors (Lipinski definition) is 5. The molecular formula is C30H33F3N2O5. The van der Waals surface area contributed by atoms with Crippen LogP contribution in [0.4, 0.5) is 23.7 Å². The zero-order valence-corrected chi connectivity index (χ0v) is 23.0. The number of hydrogen-bond donors (Lipinski definition) is 1. The third kappa shape index (κ3) is 8.14. The van der Waals surface area contributed by atoms with Crippen LogP contribution in [0.3, 0.4) is 0 Å². The first kappa shape index (κ1) is 30.3. The molecule has 0 aliphatic heterocycles. The lowest BCUT2D eigenvalue weighted by Crippen LogP contribution is -2.44. The van der Waals surface area contributed by atoms with Crippen LogP contribution in [0.15, 0.2) is 72.8 Å². The Bertz CT molecular complexity index is 1290. The van der Waals surface area contributed by atoms with Gasteiger partial charge in [0, 0.05) is 29.4 Å². The second-order valence-electron chi connectivity index (χ2n) is 10.0. The smallest absolute Gasteiger partial charge is 0.416 e. The lowest BCUT2D eigenvalue weighted by molar-refractivity contribution is -0.137. The number of carbonyl (C=O) groups is 2. The number of methoxy groups -OCH3 is 2. The molecule has 0 radical (unpaired) electrons. The molecule has 2 amide bonds. The second kappa shape index (κ2) is 12.8. The van der Waals surface area contributed by atoms with E-state index in [0.29, 0.717) is 28.3 Å². The summed E-state index contributed by atoms with van der Waals surface area (Å²) in [5, 5.41) is 2.70.